The number of fused-ring (bicyclic) bond motifs is 4. The van der Waals surface area contributed by atoms with Gasteiger partial charge >= 0.3 is 6.03 Å². The maximum atomic E-state index is 13.0. The van der Waals surface area contributed by atoms with Crippen LogP contribution in [0.5, 0.6) is 11.5 Å². The van der Waals surface area contributed by atoms with Crippen LogP contribution >= 0.6 is 15.9 Å². The number of nitrogens with one attached hydrogen (secondary N) is 1. The van der Waals surface area contributed by atoms with E-state index in [1.807, 2.05) is 50.2 Å². The minimum atomic E-state index is -0.783. The summed E-state index contributed by atoms with van der Waals surface area (Å²) in [6.45, 7) is 3.94. The van der Waals surface area contributed by atoms with E-state index in [1.165, 1.54) is 0 Å². The largest absolute Gasteiger partial charge is 0.495 e. The van der Waals surface area contributed by atoms with Crippen LogP contribution in [0.25, 0.3) is 0 Å². The number of benzene rings is 2. The Hall–Kier alpha value is -2.21. The summed E-state index contributed by atoms with van der Waals surface area (Å²) in [5, 5.41) is 3.11. The van der Waals surface area contributed by atoms with E-state index in [9.17, 15) is 4.79 Å². The second kappa shape index (κ2) is 5.66. The van der Waals surface area contributed by atoms with Crippen molar-refractivity contribution in [2.45, 2.75) is 32.0 Å². The Morgan fingerprint density at radius 3 is 2.88 bits per heavy atom. The molecule has 0 spiro atoms. The molecule has 2 aromatic carbocycles. The molecular weight excluding hydrogens is 384 g/mol. The van der Waals surface area contributed by atoms with Gasteiger partial charge in [0.05, 0.1) is 18.8 Å². The highest BCUT2D eigenvalue weighted by molar-refractivity contribution is 9.10. The molecule has 6 heteroatoms. The number of ether oxygens (including phenoxy) is 2. The van der Waals surface area contributed by atoms with Gasteiger partial charge in [0.2, 0.25) is 0 Å². The molecule has 130 valence electrons. The van der Waals surface area contributed by atoms with E-state index >= 15 is 0 Å². The van der Waals surface area contributed by atoms with Gasteiger partial charge in [0.25, 0.3) is 0 Å². The fourth-order valence-electron chi connectivity index (χ4n) is 3.68. The van der Waals surface area contributed by atoms with Crippen molar-refractivity contribution in [2.24, 2.45) is 0 Å². The second-order valence-electron chi connectivity index (χ2n) is 6.68. The molecule has 1 saturated heterocycles. The number of anilines is 1. The topological polar surface area (TPSA) is 50.8 Å². The molecule has 1 fully saturated rings. The van der Waals surface area contributed by atoms with Crippen molar-refractivity contribution in [1.29, 1.82) is 0 Å². The van der Waals surface area contributed by atoms with Gasteiger partial charge in [-0.15, -0.1) is 0 Å². The summed E-state index contributed by atoms with van der Waals surface area (Å²) < 4.78 is 12.8. The number of nitrogens with zero attached hydrogens (tertiary/aromatic N) is 1. The average Bonchev–Trinajstić information content (AvgIpc) is 2.55. The van der Waals surface area contributed by atoms with Crippen LogP contribution < -0.4 is 19.7 Å². The SMILES string of the molecule is COc1ccc(C)cc1N1C(=O)NC2C[C@]1(C)Oc1ccc(Br)cc12. The van der Waals surface area contributed by atoms with Crippen LogP contribution in [0.15, 0.2) is 40.9 Å². The standard InChI is InChI=1S/C19H19BrN2O3/c1-11-4-6-17(24-3)15(8-11)22-18(23)21-14-10-19(22,2)25-16-7-5-12(20)9-13(14)16/h4-9,14H,10H2,1-3H3,(H,21,23)/t14?,19-/m0/s1. The minimum absolute atomic E-state index is 0.0780. The minimum Gasteiger partial charge on any atom is -0.495 e. The molecule has 0 aromatic heterocycles. The van der Waals surface area contributed by atoms with Gasteiger partial charge in [-0.3, -0.25) is 4.90 Å². The van der Waals surface area contributed by atoms with Crippen molar-refractivity contribution in [3.8, 4) is 11.5 Å². The first-order valence-electron chi connectivity index (χ1n) is 8.15. The van der Waals surface area contributed by atoms with Crippen molar-refractivity contribution in [3.05, 3.63) is 52.0 Å². The lowest BCUT2D eigenvalue weighted by Crippen LogP contribution is -2.65. The predicted octanol–water partition coefficient (Wildman–Crippen LogP) is 4.54. The highest BCUT2D eigenvalue weighted by Crippen LogP contribution is 2.47. The first kappa shape index (κ1) is 16.3. The van der Waals surface area contributed by atoms with E-state index < -0.39 is 5.72 Å². The van der Waals surface area contributed by atoms with E-state index in [-0.39, 0.29) is 12.1 Å². The quantitative estimate of drug-likeness (QED) is 0.802. The number of halogens is 1. The zero-order valence-electron chi connectivity index (χ0n) is 14.3. The van der Waals surface area contributed by atoms with Gasteiger partial charge < -0.3 is 14.8 Å². The maximum absolute atomic E-state index is 13.0. The van der Waals surface area contributed by atoms with Gasteiger partial charge in [-0.25, -0.2) is 4.79 Å². The van der Waals surface area contributed by atoms with Crippen molar-refractivity contribution < 1.29 is 14.3 Å². The molecule has 2 heterocycles. The summed E-state index contributed by atoms with van der Waals surface area (Å²) >= 11 is 3.49. The molecule has 2 aromatic rings. The van der Waals surface area contributed by atoms with Crippen LogP contribution in [0.3, 0.4) is 0 Å². The third kappa shape index (κ3) is 2.56. The zero-order chi connectivity index (χ0) is 17.8. The predicted molar refractivity (Wildman–Crippen MR) is 99.3 cm³/mol. The smallest absolute Gasteiger partial charge is 0.325 e. The molecule has 5 nitrogen and oxygen atoms in total. The number of rotatable bonds is 2. The first-order valence-corrected chi connectivity index (χ1v) is 8.94. The molecule has 2 bridgehead atoms. The van der Waals surface area contributed by atoms with E-state index in [0.717, 1.165) is 21.3 Å². The number of carbonyl (C=O) groups is 1. The maximum Gasteiger partial charge on any atom is 0.325 e. The van der Waals surface area contributed by atoms with Crippen molar-refractivity contribution in [2.75, 3.05) is 12.0 Å². The third-order valence-corrected chi connectivity index (χ3v) is 5.30. The normalized spacial score (nSPS) is 24.2. The fraction of sp³-hybridized carbons (Fsp3) is 0.316. The van der Waals surface area contributed by atoms with Crippen molar-refractivity contribution >= 4 is 27.6 Å². The van der Waals surface area contributed by atoms with Gasteiger partial charge in [-0.1, -0.05) is 22.0 Å². The molecule has 1 unspecified atom stereocenters. The first-order chi connectivity index (χ1) is 11.9. The number of hydrogen-bond acceptors (Lipinski definition) is 3. The lowest BCUT2D eigenvalue weighted by atomic mass is 9.90. The number of methoxy groups -OCH3 is 1. The molecule has 0 saturated carbocycles. The molecule has 2 amide bonds. The summed E-state index contributed by atoms with van der Waals surface area (Å²) in [4.78, 5) is 14.6. The fourth-order valence-corrected chi connectivity index (χ4v) is 4.06. The van der Waals surface area contributed by atoms with Crippen LogP contribution in [-0.4, -0.2) is 18.9 Å². The molecule has 4 rings (SSSR count). The number of amides is 2. The molecule has 1 N–H and O–H groups in total. The van der Waals surface area contributed by atoms with Gasteiger partial charge in [0.15, 0.2) is 5.72 Å². The van der Waals surface area contributed by atoms with Crippen LogP contribution in [0, 0.1) is 6.92 Å². The molecular formula is C19H19BrN2O3. The summed E-state index contributed by atoms with van der Waals surface area (Å²) in [6.07, 6.45) is 0.652. The Kier molecular flexibility index (Phi) is 3.68. The summed E-state index contributed by atoms with van der Waals surface area (Å²) in [5.41, 5.74) is 1.97. The molecule has 0 radical (unpaired) electrons. The molecule has 2 atom stereocenters. The zero-order valence-corrected chi connectivity index (χ0v) is 15.9. The highest BCUT2D eigenvalue weighted by Gasteiger charge is 2.50. The Morgan fingerprint density at radius 2 is 2.12 bits per heavy atom. The summed E-state index contributed by atoms with van der Waals surface area (Å²) in [5.74, 6) is 1.43. The summed E-state index contributed by atoms with van der Waals surface area (Å²) in [7, 11) is 1.61. The van der Waals surface area contributed by atoms with Crippen LogP contribution in [-0.2, 0) is 0 Å². The van der Waals surface area contributed by atoms with Crippen molar-refractivity contribution in [3.63, 3.8) is 0 Å². The molecule has 25 heavy (non-hydrogen) atoms. The molecule has 0 aliphatic carbocycles. The van der Waals surface area contributed by atoms with Gasteiger partial charge in [0, 0.05) is 16.5 Å². The van der Waals surface area contributed by atoms with E-state index in [4.69, 9.17) is 9.47 Å². The number of urea groups is 1. The Labute approximate surface area is 155 Å². The van der Waals surface area contributed by atoms with Gasteiger partial charge in [-0.2, -0.15) is 0 Å². The van der Waals surface area contributed by atoms with E-state index in [0.29, 0.717) is 17.9 Å². The van der Waals surface area contributed by atoms with E-state index in [1.54, 1.807) is 12.0 Å². The number of hydrogen-bond donors (Lipinski definition) is 1. The van der Waals surface area contributed by atoms with Crippen LogP contribution in [0.4, 0.5) is 10.5 Å². The van der Waals surface area contributed by atoms with Gasteiger partial charge in [0.1, 0.15) is 11.5 Å². The van der Waals surface area contributed by atoms with Gasteiger partial charge in [-0.05, 0) is 49.7 Å². The van der Waals surface area contributed by atoms with E-state index in [2.05, 4.69) is 21.2 Å². The Balaban J connectivity index is 1.83. The Morgan fingerprint density at radius 1 is 1.32 bits per heavy atom. The monoisotopic (exact) mass is 402 g/mol. The lowest BCUT2D eigenvalue weighted by Gasteiger charge is -2.50. The number of carbonyl (C=O) groups excluding carboxylic acids is 1. The average molecular weight is 403 g/mol. The second-order valence-corrected chi connectivity index (χ2v) is 7.59. The molecule has 2 aliphatic rings. The highest BCUT2D eigenvalue weighted by atomic mass is 79.9. The lowest BCUT2D eigenvalue weighted by molar-refractivity contribution is 0.0374. The third-order valence-electron chi connectivity index (χ3n) is 4.81. The Bertz CT molecular complexity index is 870. The van der Waals surface area contributed by atoms with Crippen LogP contribution in [0.2, 0.25) is 0 Å². The van der Waals surface area contributed by atoms with Crippen molar-refractivity contribution in [1.82, 2.24) is 5.32 Å². The van der Waals surface area contributed by atoms with Crippen LogP contribution in [0.1, 0.15) is 30.5 Å². The summed E-state index contributed by atoms with van der Waals surface area (Å²) in [6, 6.07) is 11.4. The molecule has 2 aliphatic heterocycles. The number of aryl methyl sites for hydroxylation is 1.